The van der Waals surface area contributed by atoms with Crippen LogP contribution in [0, 0.1) is 0 Å². The van der Waals surface area contributed by atoms with Gasteiger partial charge in [0, 0.05) is 12.6 Å². The van der Waals surface area contributed by atoms with Gasteiger partial charge in [0.2, 0.25) is 0 Å². The molecular formula is C11H17N3S. The summed E-state index contributed by atoms with van der Waals surface area (Å²) < 4.78 is 0. The zero-order chi connectivity index (χ0) is 10.7. The largest absolute Gasteiger partial charge is 0.373 e. The molecule has 1 N–H and O–H groups in total. The lowest BCUT2D eigenvalue weighted by atomic mass is 10.1. The Morgan fingerprint density at radius 2 is 1.93 bits per heavy atom. The van der Waals surface area contributed by atoms with Crippen molar-refractivity contribution in [2.45, 2.75) is 37.3 Å². The van der Waals surface area contributed by atoms with E-state index in [0.717, 1.165) is 23.8 Å². The number of thioether (sulfide) groups is 1. The molecule has 1 aliphatic carbocycles. The molecule has 0 spiro atoms. The lowest BCUT2D eigenvalue weighted by Gasteiger charge is -2.11. The first-order chi connectivity index (χ1) is 7.35. The molecule has 1 aromatic rings. The molecule has 1 heterocycles. The summed E-state index contributed by atoms with van der Waals surface area (Å²) in [5.41, 5.74) is 2.60. The van der Waals surface area contributed by atoms with Crippen molar-refractivity contribution in [3.8, 4) is 0 Å². The molecule has 0 bridgehead atoms. The predicted octanol–water partition coefficient (Wildman–Crippen LogP) is 2.51. The highest BCUT2D eigenvalue weighted by molar-refractivity contribution is 7.98. The fraction of sp³-hybridized carbons (Fsp3) is 0.636. The summed E-state index contributed by atoms with van der Waals surface area (Å²) in [6, 6.07) is 0. The molecule has 2 rings (SSSR count). The number of nitrogens with zero attached hydrogens (tertiary/aromatic N) is 2. The third-order valence-corrected chi connectivity index (χ3v) is 3.38. The standard InChI is InChI=1S/C11H17N3S/c1-12-10-8-6-4-3-5-7-9(8)13-11(14-10)15-2/h3-7H2,1-2H3,(H,12,13,14). The van der Waals surface area contributed by atoms with Crippen LogP contribution in [0.15, 0.2) is 5.16 Å². The zero-order valence-corrected chi connectivity index (χ0v) is 10.2. The van der Waals surface area contributed by atoms with Crippen molar-refractivity contribution >= 4 is 17.6 Å². The van der Waals surface area contributed by atoms with E-state index in [9.17, 15) is 0 Å². The Bertz CT molecular complexity index is 352. The highest BCUT2D eigenvalue weighted by Crippen LogP contribution is 2.26. The predicted molar refractivity (Wildman–Crippen MR) is 64.6 cm³/mol. The van der Waals surface area contributed by atoms with Crippen LogP contribution in [-0.2, 0) is 12.8 Å². The summed E-state index contributed by atoms with van der Waals surface area (Å²) in [4.78, 5) is 9.12. The van der Waals surface area contributed by atoms with Crippen molar-refractivity contribution < 1.29 is 0 Å². The molecule has 0 aromatic carbocycles. The quantitative estimate of drug-likeness (QED) is 0.475. The summed E-state index contributed by atoms with van der Waals surface area (Å²) in [7, 11) is 1.94. The Hall–Kier alpha value is -0.770. The number of rotatable bonds is 2. The van der Waals surface area contributed by atoms with Gasteiger partial charge in [-0.2, -0.15) is 0 Å². The van der Waals surface area contributed by atoms with Crippen LogP contribution in [-0.4, -0.2) is 23.3 Å². The fourth-order valence-electron chi connectivity index (χ4n) is 2.05. The van der Waals surface area contributed by atoms with Gasteiger partial charge in [-0.25, -0.2) is 9.97 Å². The topological polar surface area (TPSA) is 37.8 Å². The monoisotopic (exact) mass is 223 g/mol. The first-order valence-electron chi connectivity index (χ1n) is 5.46. The van der Waals surface area contributed by atoms with Crippen LogP contribution >= 0.6 is 11.8 Å². The van der Waals surface area contributed by atoms with Gasteiger partial charge in [0.25, 0.3) is 0 Å². The molecule has 0 amide bonds. The molecule has 4 heteroatoms. The maximum absolute atomic E-state index is 4.61. The van der Waals surface area contributed by atoms with Gasteiger partial charge in [0.1, 0.15) is 5.82 Å². The molecule has 1 aliphatic rings. The van der Waals surface area contributed by atoms with E-state index in [1.165, 1.54) is 30.5 Å². The van der Waals surface area contributed by atoms with E-state index in [1.807, 2.05) is 13.3 Å². The molecule has 3 nitrogen and oxygen atoms in total. The highest BCUT2D eigenvalue weighted by Gasteiger charge is 2.15. The Morgan fingerprint density at radius 3 is 2.67 bits per heavy atom. The maximum atomic E-state index is 4.61. The van der Waals surface area contributed by atoms with Crippen molar-refractivity contribution in [1.29, 1.82) is 0 Å². The smallest absolute Gasteiger partial charge is 0.189 e. The number of hydrogen-bond acceptors (Lipinski definition) is 4. The molecule has 15 heavy (non-hydrogen) atoms. The first kappa shape index (κ1) is 10.7. The van der Waals surface area contributed by atoms with Gasteiger partial charge < -0.3 is 5.32 Å². The Labute approximate surface area is 95.1 Å². The lowest BCUT2D eigenvalue weighted by Crippen LogP contribution is -2.06. The summed E-state index contributed by atoms with van der Waals surface area (Å²) in [5, 5.41) is 4.08. The summed E-state index contributed by atoms with van der Waals surface area (Å²) in [6.45, 7) is 0. The second-order valence-corrected chi connectivity index (χ2v) is 4.57. The molecule has 0 atom stereocenters. The minimum absolute atomic E-state index is 0.889. The van der Waals surface area contributed by atoms with Gasteiger partial charge in [-0.05, 0) is 31.9 Å². The van der Waals surface area contributed by atoms with Gasteiger partial charge in [-0.15, -0.1) is 0 Å². The van der Waals surface area contributed by atoms with Crippen LogP contribution in [0.25, 0.3) is 0 Å². The van der Waals surface area contributed by atoms with Gasteiger partial charge in [0.15, 0.2) is 5.16 Å². The molecule has 82 valence electrons. The number of fused-ring (bicyclic) bond motifs is 1. The number of anilines is 1. The normalized spacial score (nSPS) is 15.6. The lowest BCUT2D eigenvalue weighted by molar-refractivity contribution is 0.707. The summed E-state index contributed by atoms with van der Waals surface area (Å²) in [5.74, 6) is 1.03. The van der Waals surface area contributed by atoms with Crippen LogP contribution < -0.4 is 5.32 Å². The summed E-state index contributed by atoms with van der Waals surface area (Å²) in [6.07, 6.45) is 8.11. The van der Waals surface area contributed by atoms with Gasteiger partial charge in [-0.1, -0.05) is 18.2 Å². The zero-order valence-electron chi connectivity index (χ0n) is 9.34. The van der Waals surface area contributed by atoms with Crippen LogP contribution in [0.2, 0.25) is 0 Å². The van der Waals surface area contributed by atoms with Crippen molar-refractivity contribution in [1.82, 2.24) is 9.97 Å². The maximum Gasteiger partial charge on any atom is 0.189 e. The minimum atomic E-state index is 0.889. The molecule has 0 unspecified atom stereocenters. The molecular weight excluding hydrogens is 206 g/mol. The number of aromatic nitrogens is 2. The molecule has 1 aromatic heterocycles. The number of aryl methyl sites for hydroxylation is 1. The van der Waals surface area contributed by atoms with Crippen molar-refractivity contribution in [2.24, 2.45) is 0 Å². The van der Waals surface area contributed by atoms with E-state index >= 15 is 0 Å². The van der Waals surface area contributed by atoms with E-state index in [-0.39, 0.29) is 0 Å². The fourth-order valence-corrected chi connectivity index (χ4v) is 2.43. The van der Waals surface area contributed by atoms with E-state index < -0.39 is 0 Å². The molecule has 0 fully saturated rings. The molecule has 0 radical (unpaired) electrons. The van der Waals surface area contributed by atoms with Gasteiger partial charge in [0.05, 0.1) is 5.69 Å². The van der Waals surface area contributed by atoms with E-state index in [2.05, 4.69) is 15.3 Å². The third kappa shape index (κ3) is 2.25. The van der Waals surface area contributed by atoms with Crippen molar-refractivity contribution in [3.05, 3.63) is 11.3 Å². The van der Waals surface area contributed by atoms with E-state index in [0.29, 0.717) is 0 Å². The van der Waals surface area contributed by atoms with Crippen molar-refractivity contribution in [3.63, 3.8) is 0 Å². The van der Waals surface area contributed by atoms with Gasteiger partial charge >= 0.3 is 0 Å². The summed E-state index contributed by atoms with van der Waals surface area (Å²) >= 11 is 1.62. The van der Waals surface area contributed by atoms with E-state index in [1.54, 1.807) is 11.8 Å². The Morgan fingerprint density at radius 1 is 1.13 bits per heavy atom. The van der Waals surface area contributed by atoms with Crippen LogP contribution in [0.3, 0.4) is 0 Å². The molecule has 0 saturated heterocycles. The second kappa shape index (κ2) is 4.84. The SMILES string of the molecule is CNc1nc(SC)nc2c1CCCCC2. The first-order valence-corrected chi connectivity index (χ1v) is 6.69. The van der Waals surface area contributed by atoms with Crippen LogP contribution in [0.5, 0.6) is 0 Å². The van der Waals surface area contributed by atoms with Crippen LogP contribution in [0.1, 0.15) is 30.5 Å². The van der Waals surface area contributed by atoms with Crippen molar-refractivity contribution in [2.75, 3.05) is 18.6 Å². The average Bonchev–Trinajstić information content (AvgIpc) is 2.52. The van der Waals surface area contributed by atoms with Crippen LogP contribution in [0.4, 0.5) is 5.82 Å². The molecule has 0 aliphatic heterocycles. The molecule has 0 saturated carbocycles. The Kier molecular flexibility index (Phi) is 3.46. The number of nitrogens with one attached hydrogen (secondary N) is 1. The minimum Gasteiger partial charge on any atom is -0.373 e. The highest BCUT2D eigenvalue weighted by atomic mass is 32.2. The Balaban J connectivity index is 2.45. The second-order valence-electron chi connectivity index (χ2n) is 3.79. The third-order valence-electron chi connectivity index (χ3n) is 2.83. The van der Waals surface area contributed by atoms with E-state index in [4.69, 9.17) is 0 Å². The average molecular weight is 223 g/mol. The number of hydrogen-bond donors (Lipinski definition) is 1. The van der Waals surface area contributed by atoms with Gasteiger partial charge in [-0.3, -0.25) is 0 Å².